The molecule has 0 saturated heterocycles. The fraction of sp³-hybridized carbons (Fsp3) is 0.393. The predicted molar refractivity (Wildman–Crippen MR) is 146 cm³/mol. The molecule has 4 rings (SSSR count). The molecule has 4 aromatic rings. The smallest absolute Gasteiger partial charge is 0.230 e. The third kappa shape index (κ3) is 5.81. The molecule has 0 saturated carbocycles. The van der Waals surface area contributed by atoms with Gasteiger partial charge in [0.25, 0.3) is 0 Å². The summed E-state index contributed by atoms with van der Waals surface area (Å²) in [7, 11) is 6.61. The molecule has 0 aliphatic heterocycles. The number of benzene rings is 2. The average molecular weight is 522 g/mol. The molecule has 0 N–H and O–H groups in total. The lowest BCUT2D eigenvalue weighted by molar-refractivity contribution is 0.189. The van der Waals surface area contributed by atoms with Crippen molar-refractivity contribution in [2.24, 2.45) is 0 Å². The van der Waals surface area contributed by atoms with Gasteiger partial charge in [-0.05, 0) is 19.4 Å². The highest BCUT2D eigenvalue weighted by Gasteiger charge is 2.25. The number of methoxy groups -OCH3 is 4. The van der Waals surface area contributed by atoms with Crippen LogP contribution in [0.2, 0.25) is 0 Å². The van der Waals surface area contributed by atoms with Crippen LogP contribution in [0, 0.1) is 13.8 Å². The van der Waals surface area contributed by atoms with E-state index < -0.39 is 0 Å². The number of hydrogen-bond acceptors (Lipinski definition) is 9. The van der Waals surface area contributed by atoms with Gasteiger partial charge in [-0.15, -0.1) is 0 Å². The molecule has 0 fully saturated rings. The zero-order valence-electron chi connectivity index (χ0n) is 22.9. The fourth-order valence-corrected chi connectivity index (χ4v) is 4.30. The highest BCUT2D eigenvalue weighted by Crippen LogP contribution is 2.44. The molecular weight excluding hydrogens is 486 g/mol. The van der Waals surface area contributed by atoms with Crippen LogP contribution in [0.4, 0.5) is 5.95 Å². The molecule has 0 aliphatic rings. The Morgan fingerprint density at radius 3 is 2.03 bits per heavy atom. The summed E-state index contributed by atoms with van der Waals surface area (Å²) in [5.74, 6) is 3.11. The molecule has 0 atom stereocenters. The number of rotatable bonds is 13. The largest absolute Gasteiger partial charge is 0.496 e. The minimum Gasteiger partial charge on any atom is -0.496 e. The summed E-state index contributed by atoms with van der Waals surface area (Å²) in [4.78, 5) is 11.6. The highest BCUT2D eigenvalue weighted by molar-refractivity contribution is 5.88. The molecule has 202 valence electrons. The van der Waals surface area contributed by atoms with E-state index in [-0.39, 0.29) is 0 Å². The first-order valence-electron chi connectivity index (χ1n) is 12.4. The third-order valence-corrected chi connectivity index (χ3v) is 6.15. The topological polar surface area (TPSA) is 92.5 Å². The van der Waals surface area contributed by atoms with Crippen LogP contribution < -0.4 is 19.1 Å². The van der Waals surface area contributed by atoms with Gasteiger partial charge in [-0.2, -0.15) is 14.6 Å². The molecule has 0 unspecified atom stereocenters. The second kappa shape index (κ2) is 12.6. The summed E-state index contributed by atoms with van der Waals surface area (Å²) in [6.45, 7) is 6.56. The summed E-state index contributed by atoms with van der Waals surface area (Å²) >= 11 is 0. The Balaban J connectivity index is 1.81. The van der Waals surface area contributed by atoms with E-state index in [4.69, 9.17) is 38.8 Å². The van der Waals surface area contributed by atoms with E-state index in [1.165, 1.54) is 0 Å². The zero-order valence-corrected chi connectivity index (χ0v) is 22.9. The van der Waals surface area contributed by atoms with Crippen molar-refractivity contribution in [3.63, 3.8) is 0 Å². The van der Waals surface area contributed by atoms with Gasteiger partial charge >= 0.3 is 0 Å². The van der Waals surface area contributed by atoms with E-state index in [1.807, 2.05) is 56.3 Å². The van der Waals surface area contributed by atoms with Crippen LogP contribution >= 0.6 is 0 Å². The monoisotopic (exact) mass is 521 g/mol. The van der Waals surface area contributed by atoms with Crippen molar-refractivity contribution < 1.29 is 23.7 Å². The standard InChI is InChI=1S/C28H35N5O5/c1-19-25(27-29-20(2)30-28(33(27)31-19)32(12-14-34-3)13-15-35-4)26-23(36-5)16-22(17-24(26)37-6)38-18-21-10-8-7-9-11-21/h7-11,16-17H,12-15,18H2,1-6H3. The van der Waals surface area contributed by atoms with E-state index in [1.54, 1.807) is 33.0 Å². The Morgan fingerprint density at radius 1 is 0.816 bits per heavy atom. The van der Waals surface area contributed by atoms with Gasteiger partial charge < -0.3 is 28.6 Å². The molecule has 0 radical (unpaired) electrons. The van der Waals surface area contributed by atoms with E-state index in [0.29, 0.717) is 67.6 Å². The summed E-state index contributed by atoms with van der Waals surface area (Å²) in [5.41, 5.74) is 4.04. The molecule has 2 aromatic carbocycles. The maximum absolute atomic E-state index is 6.08. The molecular formula is C28H35N5O5. The van der Waals surface area contributed by atoms with E-state index in [2.05, 4.69) is 4.90 Å². The molecule has 2 heterocycles. The van der Waals surface area contributed by atoms with Crippen LogP contribution in [0.25, 0.3) is 16.8 Å². The number of ether oxygens (including phenoxy) is 5. The molecule has 0 bridgehead atoms. The molecule has 0 aliphatic carbocycles. The van der Waals surface area contributed by atoms with Gasteiger partial charge in [0, 0.05) is 39.4 Å². The summed E-state index contributed by atoms with van der Waals surface area (Å²) in [5, 5.41) is 4.84. The summed E-state index contributed by atoms with van der Waals surface area (Å²) in [6, 6.07) is 13.7. The van der Waals surface area contributed by atoms with Crippen molar-refractivity contribution >= 4 is 11.6 Å². The van der Waals surface area contributed by atoms with Crippen LogP contribution in [0.1, 0.15) is 17.1 Å². The second-order valence-corrected chi connectivity index (χ2v) is 8.72. The van der Waals surface area contributed by atoms with Crippen molar-refractivity contribution in [2.75, 3.05) is 59.6 Å². The van der Waals surface area contributed by atoms with Crippen LogP contribution in [0.15, 0.2) is 42.5 Å². The van der Waals surface area contributed by atoms with Crippen LogP contribution in [-0.4, -0.2) is 74.3 Å². The number of aromatic nitrogens is 4. The molecule has 10 heteroatoms. The molecule has 10 nitrogen and oxygen atoms in total. The lowest BCUT2D eigenvalue weighted by Gasteiger charge is -2.23. The number of nitrogens with zero attached hydrogens (tertiary/aromatic N) is 5. The normalized spacial score (nSPS) is 11.1. The maximum Gasteiger partial charge on any atom is 0.230 e. The Labute approximate surface area is 223 Å². The Kier molecular flexibility index (Phi) is 8.98. The summed E-state index contributed by atoms with van der Waals surface area (Å²) in [6.07, 6.45) is 0. The fourth-order valence-electron chi connectivity index (χ4n) is 4.30. The van der Waals surface area contributed by atoms with E-state index in [9.17, 15) is 0 Å². The van der Waals surface area contributed by atoms with Gasteiger partial charge in [0.1, 0.15) is 29.7 Å². The van der Waals surface area contributed by atoms with Crippen molar-refractivity contribution in [2.45, 2.75) is 20.5 Å². The quantitative estimate of drug-likeness (QED) is 0.258. The number of aryl methyl sites for hydroxylation is 2. The SMILES string of the molecule is COCCN(CCOC)c1nc(C)nc2c(-c3c(OC)cc(OCc4ccccc4)cc3OC)c(C)nn12. The van der Waals surface area contributed by atoms with Crippen molar-refractivity contribution in [1.82, 2.24) is 19.6 Å². The Morgan fingerprint density at radius 2 is 1.45 bits per heavy atom. The minimum absolute atomic E-state index is 0.427. The van der Waals surface area contributed by atoms with Gasteiger partial charge in [-0.1, -0.05) is 30.3 Å². The minimum atomic E-state index is 0.427. The van der Waals surface area contributed by atoms with Crippen molar-refractivity contribution in [1.29, 1.82) is 0 Å². The van der Waals surface area contributed by atoms with Crippen LogP contribution in [0.5, 0.6) is 17.2 Å². The Bertz CT molecular complexity index is 1330. The molecule has 0 spiro atoms. The first-order valence-corrected chi connectivity index (χ1v) is 12.4. The third-order valence-electron chi connectivity index (χ3n) is 6.15. The number of fused-ring (bicyclic) bond motifs is 1. The van der Waals surface area contributed by atoms with Gasteiger partial charge in [-0.3, -0.25) is 0 Å². The Hall–Kier alpha value is -3.89. The van der Waals surface area contributed by atoms with Crippen LogP contribution in [0.3, 0.4) is 0 Å². The van der Waals surface area contributed by atoms with Gasteiger partial charge in [0.15, 0.2) is 5.65 Å². The molecule has 0 amide bonds. The van der Waals surface area contributed by atoms with Crippen LogP contribution in [-0.2, 0) is 16.1 Å². The van der Waals surface area contributed by atoms with E-state index in [0.717, 1.165) is 22.4 Å². The van der Waals surface area contributed by atoms with Crippen molar-refractivity contribution in [3.8, 4) is 28.4 Å². The van der Waals surface area contributed by atoms with Crippen molar-refractivity contribution in [3.05, 3.63) is 59.5 Å². The maximum atomic E-state index is 6.08. The average Bonchev–Trinajstić information content (AvgIpc) is 3.26. The highest BCUT2D eigenvalue weighted by atomic mass is 16.5. The number of hydrogen-bond donors (Lipinski definition) is 0. The molecule has 38 heavy (non-hydrogen) atoms. The van der Waals surface area contributed by atoms with Gasteiger partial charge in [0.2, 0.25) is 5.95 Å². The summed E-state index contributed by atoms with van der Waals surface area (Å²) < 4.78 is 30.2. The second-order valence-electron chi connectivity index (χ2n) is 8.72. The first kappa shape index (κ1) is 27.2. The number of anilines is 1. The zero-order chi connectivity index (χ0) is 27.1. The lowest BCUT2D eigenvalue weighted by Crippen LogP contribution is -2.33. The molecule has 2 aromatic heterocycles. The predicted octanol–water partition coefficient (Wildman–Crippen LogP) is 4.10. The van der Waals surface area contributed by atoms with Gasteiger partial charge in [0.05, 0.1) is 44.3 Å². The first-order chi connectivity index (χ1) is 18.5. The van der Waals surface area contributed by atoms with E-state index >= 15 is 0 Å². The van der Waals surface area contributed by atoms with Gasteiger partial charge in [-0.25, -0.2) is 4.98 Å². The lowest BCUT2D eigenvalue weighted by atomic mass is 10.0.